The number of carbonyl (C=O) groups is 2. The number of anilines is 2. The summed E-state index contributed by atoms with van der Waals surface area (Å²) in [6, 6.07) is 28.4. The number of benzene rings is 3. The molecule has 6 heteroatoms. The number of hydrogen-bond donors (Lipinski definition) is 0. The number of rotatable bonds is 6. The van der Waals surface area contributed by atoms with Crippen molar-refractivity contribution < 1.29 is 18.7 Å². The van der Waals surface area contributed by atoms with E-state index in [1.807, 2.05) is 91.8 Å². The first-order valence-electron chi connectivity index (χ1n) is 11.8. The summed E-state index contributed by atoms with van der Waals surface area (Å²) in [5, 5.41) is 0. The minimum Gasteiger partial charge on any atom is -0.465 e. The SMILES string of the molecule is COC(=O)c1ccc(-c2ccc(/C=C3\C=C(c4ccccc4)N(c4ccc(N(C)C)cc4)C3=O)o2)cc1. The zero-order valence-electron chi connectivity index (χ0n) is 20.8. The summed E-state index contributed by atoms with van der Waals surface area (Å²) in [4.78, 5) is 29.1. The Kier molecular flexibility index (Phi) is 6.47. The predicted molar refractivity (Wildman–Crippen MR) is 146 cm³/mol. The third kappa shape index (κ3) is 4.82. The first-order chi connectivity index (χ1) is 17.9. The van der Waals surface area contributed by atoms with E-state index in [1.54, 1.807) is 35.2 Å². The van der Waals surface area contributed by atoms with Crippen molar-refractivity contribution in [3.8, 4) is 11.3 Å². The van der Waals surface area contributed by atoms with Gasteiger partial charge in [-0.2, -0.15) is 0 Å². The van der Waals surface area contributed by atoms with Crippen molar-refractivity contribution in [1.29, 1.82) is 0 Å². The molecule has 0 saturated heterocycles. The maximum Gasteiger partial charge on any atom is 0.337 e. The zero-order chi connectivity index (χ0) is 25.9. The minimum absolute atomic E-state index is 0.128. The van der Waals surface area contributed by atoms with Crippen LogP contribution in [-0.2, 0) is 9.53 Å². The van der Waals surface area contributed by atoms with E-state index in [4.69, 9.17) is 9.15 Å². The van der Waals surface area contributed by atoms with Crippen LogP contribution in [0.1, 0.15) is 21.7 Å². The number of furan rings is 1. The third-order valence-electron chi connectivity index (χ3n) is 6.19. The summed E-state index contributed by atoms with van der Waals surface area (Å²) in [5.41, 5.74) is 5.41. The van der Waals surface area contributed by atoms with E-state index in [9.17, 15) is 9.59 Å². The van der Waals surface area contributed by atoms with Gasteiger partial charge in [-0.3, -0.25) is 9.69 Å². The second kappa shape index (κ2) is 10.0. The van der Waals surface area contributed by atoms with Gasteiger partial charge in [-0.05, 0) is 66.2 Å². The molecule has 6 nitrogen and oxygen atoms in total. The summed E-state index contributed by atoms with van der Waals surface area (Å²) in [7, 11) is 5.32. The van der Waals surface area contributed by atoms with Crippen LogP contribution < -0.4 is 9.80 Å². The number of amides is 1. The van der Waals surface area contributed by atoms with Crippen LogP contribution in [0.15, 0.2) is 107 Å². The lowest BCUT2D eigenvalue weighted by Gasteiger charge is -2.22. The molecule has 0 unspecified atom stereocenters. The Balaban J connectivity index is 1.47. The standard InChI is InChI=1S/C31H26N2O4/c1-32(2)25-13-15-26(16-14-25)33-28(21-7-5-4-6-8-21)20-24(30(33)34)19-27-17-18-29(37-27)22-9-11-23(12-10-22)31(35)36-3/h4-20H,1-3H3/b24-19+. The molecule has 0 atom stereocenters. The summed E-state index contributed by atoms with van der Waals surface area (Å²) < 4.78 is 10.8. The highest BCUT2D eigenvalue weighted by molar-refractivity contribution is 6.23. The molecule has 37 heavy (non-hydrogen) atoms. The number of hydrogen-bond acceptors (Lipinski definition) is 5. The molecule has 0 spiro atoms. The van der Waals surface area contributed by atoms with Crippen LogP contribution in [0.25, 0.3) is 23.1 Å². The fraction of sp³-hybridized carbons (Fsp3) is 0.0968. The van der Waals surface area contributed by atoms with Crippen molar-refractivity contribution >= 4 is 35.0 Å². The molecule has 3 aromatic carbocycles. The van der Waals surface area contributed by atoms with Crippen LogP contribution >= 0.6 is 0 Å². The van der Waals surface area contributed by atoms with E-state index in [0.29, 0.717) is 22.7 Å². The lowest BCUT2D eigenvalue weighted by Crippen LogP contribution is -2.25. The molecule has 1 amide bonds. The fourth-order valence-electron chi connectivity index (χ4n) is 4.22. The molecular formula is C31H26N2O4. The first-order valence-corrected chi connectivity index (χ1v) is 11.8. The van der Waals surface area contributed by atoms with E-state index in [2.05, 4.69) is 0 Å². The van der Waals surface area contributed by atoms with Gasteiger partial charge in [0.1, 0.15) is 11.5 Å². The topological polar surface area (TPSA) is 63.0 Å². The lowest BCUT2D eigenvalue weighted by molar-refractivity contribution is -0.113. The Bertz CT molecular complexity index is 1500. The highest BCUT2D eigenvalue weighted by atomic mass is 16.5. The quantitative estimate of drug-likeness (QED) is 0.235. The Hall–Kier alpha value is -4.84. The van der Waals surface area contributed by atoms with E-state index in [0.717, 1.165) is 28.2 Å². The average molecular weight is 491 g/mol. The molecule has 2 heterocycles. The maximum atomic E-state index is 13.6. The Morgan fingerprint density at radius 1 is 0.865 bits per heavy atom. The van der Waals surface area contributed by atoms with Crippen LogP contribution in [0.3, 0.4) is 0 Å². The van der Waals surface area contributed by atoms with Crippen molar-refractivity contribution in [3.63, 3.8) is 0 Å². The van der Waals surface area contributed by atoms with Crippen LogP contribution in [0.4, 0.5) is 11.4 Å². The Morgan fingerprint density at radius 2 is 1.57 bits per heavy atom. The maximum absolute atomic E-state index is 13.6. The van der Waals surface area contributed by atoms with Crippen LogP contribution in [0.2, 0.25) is 0 Å². The molecule has 184 valence electrons. The molecule has 0 saturated carbocycles. The molecule has 4 aromatic rings. The number of esters is 1. The van der Waals surface area contributed by atoms with E-state index in [1.165, 1.54) is 7.11 Å². The van der Waals surface area contributed by atoms with Crippen molar-refractivity contribution in [2.45, 2.75) is 0 Å². The van der Waals surface area contributed by atoms with Gasteiger partial charge in [0, 0.05) is 36.6 Å². The van der Waals surface area contributed by atoms with Crippen molar-refractivity contribution in [3.05, 3.63) is 120 Å². The normalized spacial score (nSPS) is 14.1. The monoisotopic (exact) mass is 490 g/mol. The van der Waals surface area contributed by atoms with Gasteiger partial charge in [-0.25, -0.2) is 4.79 Å². The highest BCUT2D eigenvalue weighted by Gasteiger charge is 2.30. The zero-order valence-corrected chi connectivity index (χ0v) is 20.8. The van der Waals surface area contributed by atoms with Gasteiger partial charge in [0.2, 0.25) is 0 Å². The van der Waals surface area contributed by atoms with E-state index >= 15 is 0 Å². The number of methoxy groups -OCH3 is 1. The highest BCUT2D eigenvalue weighted by Crippen LogP contribution is 2.36. The number of ether oxygens (including phenoxy) is 1. The van der Waals surface area contributed by atoms with Crippen molar-refractivity contribution in [1.82, 2.24) is 0 Å². The van der Waals surface area contributed by atoms with Crippen LogP contribution in [0, 0.1) is 0 Å². The van der Waals surface area contributed by atoms with E-state index in [-0.39, 0.29) is 5.91 Å². The molecule has 0 radical (unpaired) electrons. The summed E-state index contributed by atoms with van der Waals surface area (Å²) in [5.74, 6) is 0.677. The molecule has 0 aliphatic carbocycles. The minimum atomic E-state index is -0.391. The summed E-state index contributed by atoms with van der Waals surface area (Å²) in [6.07, 6.45) is 3.65. The van der Waals surface area contributed by atoms with Gasteiger partial charge in [-0.1, -0.05) is 42.5 Å². The third-order valence-corrected chi connectivity index (χ3v) is 6.19. The molecule has 1 aromatic heterocycles. The predicted octanol–water partition coefficient (Wildman–Crippen LogP) is 6.27. The van der Waals surface area contributed by atoms with E-state index < -0.39 is 5.97 Å². The molecule has 5 rings (SSSR count). The van der Waals surface area contributed by atoms with Crippen molar-refractivity contribution in [2.75, 3.05) is 31.0 Å². The average Bonchev–Trinajstić information content (AvgIpc) is 3.53. The van der Waals surface area contributed by atoms with Gasteiger partial charge in [0.25, 0.3) is 5.91 Å². The van der Waals surface area contributed by atoms with Crippen molar-refractivity contribution in [2.24, 2.45) is 0 Å². The lowest BCUT2D eigenvalue weighted by atomic mass is 10.1. The number of carbonyl (C=O) groups excluding carboxylic acids is 2. The largest absolute Gasteiger partial charge is 0.465 e. The number of nitrogens with zero attached hydrogens (tertiary/aromatic N) is 2. The van der Waals surface area contributed by atoms with Crippen LogP contribution in [-0.4, -0.2) is 33.1 Å². The first kappa shape index (κ1) is 23.9. The van der Waals surface area contributed by atoms with Gasteiger partial charge in [-0.15, -0.1) is 0 Å². The Labute approximate surface area is 215 Å². The van der Waals surface area contributed by atoms with Gasteiger partial charge in [0.15, 0.2) is 0 Å². The molecule has 1 aliphatic heterocycles. The molecule has 0 N–H and O–H groups in total. The molecular weight excluding hydrogens is 464 g/mol. The Morgan fingerprint density at radius 3 is 2.22 bits per heavy atom. The smallest absolute Gasteiger partial charge is 0.337 e. The summed E-state index contributed by atoms with van der Waals surface area (Å²) >= 11 is 0. The fourth-order valence-corrected chi connectivity index (χ4v) is 4.22. The summed E-state index contributed by atoms with van der Waals surface area (Å²) in [6.45, 7) is 0. The van der Waals surface area contributed by atoms with Gasteiger partial charge in [0.05, 0.1) is 18.4 Å². The van der Waals surface area contributed by atoms with Gasteiger partial charge >= 0.3 is 5.97 Å². The molecule has 0 bridgehead atoms. The molecule has 1 aliphatic rings. The second-order valence-electron chi connectivity index (χ2n) is 8.82. The molecule has 0 fully saturated rings. The van der Waals surface area contributed by atoms with Gasteiger partial charge < -0.3 is 14.1 Å². The second-order valence-corrected chi connectivity index (χ2v) is 8.82. The van der Waals surface area contributed by atoms with Crippen LogP contribution in [0.5, 0.6) is 0 Å².